The largest absolute Gasteiger partial charge is 0.353 e. The summed E-state index contributed by atoms with van der Waals surface area (Å²) in [6.45, 7) is 0.824. The van der Waals surface area contributed by atoms with E-state index in [0.29, 0.717) is 25.2 Å². The van der Waals surface area contributed by atoms with E-state index in [1.165, 1.54) is 0 Å². The van der Waals surface area contributed by atoms with Gasteiger partial charge in [-0.1, -0.05) is 72.8 Å². The van der Waals surface area contributed by atoms with E-state index >= 15 is 0 Å². The van der Waals surface area contributed by atoms with Gasteiger partial charge in [-0.3, -0.25) is 14.4 Å². The molecule has 1 fully saturated rings. The minimum absolute atomic E-state index is 0.0846. The average Bonchev–Trinajstić information content (AvgIpc) is 2.85. The maximum Gasteiger partial charge on any atom is 0.243 e. The number of hydrogen-bond acceptors (Lipinski definition) is 3. The summed E-state index contributed by atoms with van der Waals surface area (Å²) in [4.78, 5) is 40.7. The van der Waals surface area contributed by atoms with Crippen molar-refractivity contribution in [1.29, 1.82) is 0 Å². The Morgan fingerprint density at radius 3 is 2.48 bits per heavy atom. The quantitative estimate of drug-likeness (QED) is 0.655. The predicted octanol–water partition coefficient (Wildman–Crippen LogP) is 3.35. The molecular weight excluding hydrogens is 414 g/mol. The number of carbonyl (C=O) groups is 3. The van der Waals surface area contributed by atoms with Crippen LogP contribution in [-0.4, -0.2) is 41.8 Å². The summed E-state index contributed by atoms with van der Waals surface area (Å²) < 4.78 is 0. The molecule has 2 aliphatic rings. The highest BCUT2D eigenvalue weighted by molar-refractivity contribution is 6.02. The van der Waals surface area contributed by atoms with Crippen molar-refractivity contribution in [2.45, 2.75) is 24.8 Å². The van der Waals surface area contributed by atoms with Gasteiger partial charge >= 0.3 is 0 Å². The molecule has 0 aromatic heterocycles. The second-order valence-electron chi connectivity index (χ2n) is 8.46. The molecule has 3 amide bonds. The van der Waals surface area contributed by atoms with Crippen LogP contribution < -0.4 is 10.6 Å². The van der Waals surface area contributed by atoms with Crippen molar-refractivity contribution in [2.24, 2.45) is 0 Å². The molecule has 2 heterocycles. The van der Waals surface area contributed by atoms with E-state index in [1.54, 1.807) is 4.90 Å². The predicted molar refractivity (Wildman–Crippen MR) is 127 cm³/mol. The molecule has 5 rings (SSSR count). The summed E-state index contributed by atoms with van der Waals surface area (Å²) in [7, 11) is 0. The van der Waals surface area contributed by atoms with Crippen LogP contribution in [-0.2, 0) is 20.8 Å². The maximum atomic E-state index is 13.7. The van der Waals surface area contributed by atoms with E-state index in [9.17, 15) is 14.4 Å². The van der Waals surface area contributed by atoms with Gasteiger partial charge in [-0.05, 0) is 28.3 Å². The highest BCUT2D eigenvalue weighted by Gasteiger charge is 2.39. The number of anilines is 1. The lowest BCUT2D eigenvalue weighted by molar-refractivity contribution is -0.145. The molecule has 33 heavy (non-hydrogen) atoms. The van der Waals surface area contributed by atoms with Crippen LogP contribution in [0.3, 0.4) is 0 Å². The van der Waals surface area contributed by atoms with Crippen molar-refractivity contribution >= 4 is 23.4 Å². The summed E-state index contributed by atoms with van der Waals surface area (Å²) in [5.41, 5.74) is 4.59. The summed E-state index contributed by atoms with van der Waals surface area (Å²) in [5, 5.41) is 5.76. The van der Waals surface area contributed by atoms with Crippen molar-refractivity contribution in [2.75, 3.05) is 18.4 Å². The van der Waals surface area contributed by atoms with Crippen LogP contribution in [0.4, 0.5) is 5.69 Å². The molecule has 3 aromatic carbocycles. The Morgan fingerprint density at radius 1 is 0.909 bits per heavy atom. The van der Waals surface area contributed by atoms with Crippen LogP contribution in [0.15, 0.2) is 78.9 Å². The zero-order valence-electron chi connectivity index (χ0n) is 18.2. The summed E-state index contributed by atoms with van der Waals surface area (Å²) >= 11 is 0. The third-order valence-corrected chi connectivity index (χ3v) is 6.43. The molecule has 6 heteroatoms. The van der Waals surface area contributed by atoms with Crippen molar-refractivity contribution in [1.82, 2.24) is 10.2 Å². The second kappa shape index (κ2) is 8.90. The van der Waals surface area contributed by atoms with Gasteiger partial charge in [0.05, 0.1) is 5.92 Å². The molecule has 0 unspecified atom stereocenters. The van der Waals surface area contributed by atoms with Gasteiger partial charge in [0.2, 0.25) is 17.7 Å². The Balaban J connectivity index is 1.47. The molecule has 2 atom stereocenters. The van der Waals surface area contributed by atoms with E-state index in [0.717, 1.165) is 22.3 Å². The fraction of sp³-hybridized carbons (Fsp3) is 0.222. The number of hydrogen-bond donors (Lipinski definition) is 2. The molecule has 6 nitrogen and oxygen atoms in total. The average molecular weight is 440 g/mol. The van der Waals surface area contributed by atoms with Gasteiger partial charge < -0.3 is 15.5 Å². The van der Waals surface area contributed by atoms with Crippen molar-refractivity contribution in [3.05, 3.63) is 90.0 Å². The number of fused-ring (bicyclic) bond motifs is 1. The molecule has 0 aliphatic carbocycles. The molecule has 2 aliphatic heterocycles. The van der Waals surface area contributed by atoms with Crippen LogP contribution >= 0.6 is 0 Å². The Kier molecular flexibility index (Phi) is 5.65. The molecule has 0 bridgehead atoms. The minimum Gasteiger partial charge on any atom is -0.353 e. The minimum atomic E-state index is -0.631. The summed E-state index contributed by atoms with van der Waals surface area (Å²) in [6, 6.07) is 24.8. The lowest BCUT2D eigenvalue weighted by Crippen LogP contribution is -2.59. The molecule has 2 N–H and O–H groups in total. The first-order chi connectivity index (χ1) is 16.1. The SMILES string of the molecule is O=C1C[C@@H](C(=O)N2CCNC(=O)[C@H]2Cc2ccccc2-c2ccccc2)c2ccccc2N1. The van der Waals surface area contributed by atoms with E-state index in [-0.39, 0.29) is 24.1 Å². The standard InChI is InChI=1S/C27H25N3O3/c31-25-17-22(21-12-6-7-13-23(21)29-25)27(33)30-15-14-28-26(32)24(30)16-19-10-4-5-11-20(19)18-8-2-1-3-9-18/h1-13,22,24H,14-17H2,(H,28,32)(H,29,31)/t22-,24-/m1/s1. The number of benzene rings is 3. The van der Waals surface area contributed by atoms with Gasteiger partial charge in [0.1, 0.15) is 6.04 Å². The third kappa shape index (κ3) is 4.12. The molecular formula is C27H25N3O3. The Labute approximate surface area is 192 Å². The molecule has 0 saturated carbocycles. The lowest BCUT2D eigenvalue weighted by atomic mass is 9.87. The molecule has 166 valence electrons. The number of rotatable bonds is 4. The van der Waals surface area contributed by atoms with Crippen LogP contribution in [0.2, 0.25) is 0 Å². The van der Waals surface area contributed by atoms with E-state index in [1.807, 2.05) is 78.9 Å². The first-order valence-corrected chi connectivity index (χ1v) is 11.2. The van der Waals surface area contributed by atoms with Crippen LogP contribution in [0.5, 0.6) is 0 Å². The van der Waals surface area contributed by atoms with Crippen molar-refractivity contribution < 1.29 is 14.4 Å². The highest BCUT2D eigenvalue weighted by Crippen LogP contribution is 2.34. The molecule has 1 saturated heterocycles. The van der Waals surface area contributed by atoms with Gasteiger partial charge in [-0.15, -0.1) is 0 Å². The van der Waals surface area contributed by atoms with Gasteiger partial charge in [0.25, 0.3) is 0 Å². The van der Waals surface area contributed by atoms with Gasteiger partial charge in [0, 0.05) is 31.6 Å². The number of para-hydroxylation sites is 1. The molecule has 0 radical (unpaired) electrons. The number of piperazine rings is 1. The topological polar surface area (TPSA) is 78.5 Å². The van der Waals surface area contributed by atoms with Gasteiger partial charge in [-0.25, -0.2) is 0 Å². The van der Waals surface area contributed by atoms with Crippen molar-refractivity contribution in [3.63, 3.8) is 0 Å². The molecule has 3 aromatic rings. The van der Waals surface area contributed by atoms with Crippen LogP contribution in [0.25, 0.3) is 11.1 Å². The number of nitrogens with one attached hydrogen (secondary N) is 2. The Bertz CT molecular complexity index is 1210. The number of carbonyl (C=O) groups excluding carboxylic acids is 3. The third-order valence-electron chi connectivity index (χ3n) is 6.43. The Morgan fingerprint density at radius 2 is 1.64 bits per heavy atom. The summed E-state index contributed by atoms with van der Waals surface area (Å²) in [6.07, 6.45) is 0.491. The van der Waals surface area contributed by atoms with E-state index < -0.39 is 12.0 Å². The zero-order valence-corrected chi connectivity index (χ0v) is 18.2. The first kappa shape index (κ1) is 20.9. The van der Waals surface area contributed by atoms with Gasteiger partial charge in [-0.2, -0.15) is 0 Å². The van der Waals surface area contributed by atoms with Crippen LogP contribution in [0, 0.1) is 0 Å². The highest BCUT2D eigenvalue weighted by atomic mass is 16.2. The number of nitrogens with zero attached hydrogens (tertiary/aromatic N) is 1. The lowest BCUT2D eigenvalue weighted by Gasteiger charge is -2.38. The van der Waals surface area contributed by atoms with Crippen LogP contribution in [0.1, 0.15) is 23.5 Å². The number of amides is 3. The van der Waals surface area contributed by atoms with E-state index in [4.69, 9.17) is 0 Å². The summed E-state index contributed by atoms with van der Waals surface area (Å²) in [5.74, 6) is -1.10. The Hall–Kier alpha value is -3.93. The van der Waals surface area contributed by atoms with E-state index in [2.05, 4.69) is 10.6 Å². The smallest absolute Gasteiger partial charge is 0.243 e. The van der Waals surface area contributed by atoms with Crippen molar-refractivity contribution in [3.8, 4) is 11.1 Å². The molecule has 0 spiro atoms. The first-order valence-electron chi connectivity index (χ1n) is 11.2. The fourth-order valence-electron chi connectivity index (χ4n) is 4.82. The maximum absolute atomic E-state index is 13.7. The second-order valence-corrected chi connectivity index (χ2v) is 8.46. The zero-order chi connectivity index (χ0) is 22.8. The monoisotopic (exact) mass is 439 g/mol. The fourth-order valence-corrected chi connectivity index (χ4v) is 4.82. The van der Waals surface area contributed by atoms with Gasteiger partial charge in [0.15, 0.2) is 0 Å². The normalized spacial score (nSPS) is 19.9.